The molecule has 3 aromatic rings. The quantitative estimate of drug-likeness (QED) is 0.290. The van der Waals surface area contributed by atoms with Crippen molar-refractivity contribution in [1.82, 2.24) is 4.90 Å². The lowest BCUT2D eigenvalue weighted by Crippen LogP contribution is -2.33. The molecule has 0 aliphatic rings. The lowest BCUT2D eigenvalue weighted by Gasteiger charge is -2.32. The third-order valence-corrected chi connectivity index (χ3v) is 9.70. The van der Waals surface area contributed by atoms with Crippen LogP contribution in [0.3, 0.4) is 0 Å². The van der Waals surface area contributed by atoms with Crippen molar-refractivity contribution in [3.05, 3.63) is 98.6 Å². The van der Waals surface area contributed by atoms with E-state index in [2.05, 4.69) is 22.9 Å². The normalized spacial score (nSPS) is 13.8. The second kappa shape index (κ2) is 11.5. The third-order valence-electron chi connectivity index (χ3n) is 5.62. The lowest BCUT2D eigenvalue weighted by atomic mass is 10.1. The van der Waals surface area contributed by atoms with Gasteiger partial charge >= 0.3 is 0 Å². The van der Waals surface area contributed by atoms with Crippen molar-refractivity contribution in [2.45, 2.75) is 43.5 Å². The number of benzene rings is 3. The summed E-state index contributed by atoms with van der Waals surface area (Å²) in [4.78, 5) is 3.48. The number of aryl methyl sites for hydroxylation is 2. The van der Waals surface area contributed by atoms with Gasteiger partial charge in [0.05, 0.1) is 10.9 Å². The van der Waals surface area contributed by atoms with E-state index in [0.29, 0.717) is 10.8 Å². The van der Waals surface area contributed by atoms with Gasteiger partial charge in [0, 0.05) is 5.02 Å². The van der Waals surface area contributed by atoms with Crippen LogP contribution in [-0.2, 0) is 21.1 Å². The van der Waals surface area contributed by atoms with Crippen molar-refractivity contribution in [3.8, 4) is 0 Å². The molecule has 1 unspecified atom stereocenters. The first kappa shape index (κ1) is 25.8. The van der Waals surface area contributed by atoms with Crippen LogP contribution in [0.5, 0.6) is 0 Å². The molecule has 0 aliphatic heterocycles. The van der Waals surface area contributed by atoms with Crippen LogP contribution >= 0.6 is 11.6 Å². The van der Waals surface area contributed by atoms with Crippen LogP contribution in [0, 0.1) is 13.8 Å². The topological polar surface area (TPSA) is 51.5 Å². The Morgan fingerprint density at radius 3 is 1.88 bits per heavy atom. The number of nitrogens with zero attached hydrogens (tertiary/aromatic N) is 2. The summed E-state index contributed by atoms with van der Waals surface area (Å²) < 4.78 is 31.0. The van der Waals surface area contributed by atoms with Crippen LogP contribution < -0.4 is 0 Å². The Labute approximate surface area is 206 Å². The van der Waals surface area contributed by atoms with Crippen molar-refractivity contribution in [2.75, 3.05) is 18.8 Å². The molecule has 0 radical (unpaired) electrons. The van der Waals surface area contributed by atoms with Crippen LogP contribution in [0.1, 0.15) is 36.6 Å². The van der Waals surface area contributed by atoms with E-state index in [9.17, 15) is 8.42 Å². The van der Waals surface area contributed by atoms with Gasteiger partial charge in [-0.25, -0.2) is 8.42 Å². The molecule has 0 fully saturated rings. The highest BCUT2D eigenvalue weighted by atomic mass is 35.5. The van der Waals surface area contributed by atoms with Gasteiger partial charge in [0.25, 0.3) is 0 Å². The van der Waals surface area contributed by atoms with Crippen LogP contribution in [0.15, 0.2) is 82.6 Å². The Bertz CT molecular complexity index is 1130. The van der Waals surface area contributed by atoms with Gasteiger partial charge in [-0.15, -0.1) is 0 Å². The highest BCUT2D eigenvalue weighted by Gasteiger charge is 2.28. The summed E-state index contributed by atoms with van der Waals surface area (Å²) in [7, 11) is -3.81. The summed E-state index contributed by atoms with van der Waals surface area (Å²) in [5.41, 5.74) is 3.24. The molecule has 0 saturated carbocycles. The van der Waals surface area contributed by atoms with Crippen molar-refractivity contribution >= 4 is 32.7 Å². The zero-order valence-corrected chi connectivity index (χ0v) is 21.9. The second-order valence-electron chi connectivity index (χ2n) is 8.00. The van der Waals surface area contributed by atoms with E-state index < -0.39 is 21.1 Å². The molecule has 0 heterocycles. The summed E-state index contributed by atoms with van der Waals surface area (Å²) in [5.74, 6) is 0.567. The van der Waals surface area contributed by atoms with E-state index in [1.54, 1.807) is 24.3 Å². The summed E-state index contributed by atoms with van der Waals surface area (Å²) >= 11 is 5.27. The van der Waals surface area contributed by atoms with Crippen LogP contribution in [-0.4, -0.2) is 32.2 Å². The van der Waals surface area contributed by atoms with E-state index in [0.717, 1.165) is 34.7 Å². The predicted molar refractivity (Wildman–Crippen MR) is 141 cm³/mol. The largest absolute Gasteiger partial charge is 0.307 e. The number of hydrogen-bond acceptors (Lipinski definition) is 3. The maximum absolute atomic E-state index is 13.3. The monoisotopic (exact) mass is 502 g/mol. The molecule has 0 bridgehead atoms. The Hall–Kier alpha value is -1.83. The summed E-state index contributed by atoms with van der Waals surface area (Å²) in [6, 6.07) is 22.7. The molecule has 0 N–H and O–H groups in total. The second-order valence-corrected chi connectivity index (χ2v) is 12.0. The highest BCUT2D eigenvalue weighted by Crippen LogP contribution is 2.34. The highest BCUT2D eigenvalue weighted by molar-refractivity contribution is 8.14. The van der Waals surface area contributed by atoms with E-state index in [-0.39, 0.29) is 10.9 Å². The molecule has 3 rings (SSSR count). The Balaban J connectivity index is 2.00. The fraction of sp³-hybridized carbons (Fsp3) is 0.308. The molecule has 2 atom stereocenters. The van der Waals surface area contributed by atoms with E-state index in [1.165, 1.54) is 0 Å². The molecule has 0 aromatic heterocycles. The van der Waals surface area contributed by atoms with Crippen molar-refractivity contribution < 1.29 is 8.42 Å². The molecular formula is C26H31ClN2O2S2. The SMILES string of the molecule is CCN(CC)[C@H](C[S+]([N-]S(=O)(=O)c1ccc(C)cc1)c1ccc(C)cc1)c1ccc(Cl)cc1. The number of rotatable bonds is 10. The van der Waals surface area contributed by atoms with Gasteiger partial charge in [0.15, 0.2) is 0 Å². The molecule has 176 valence electrons. The van der Waals surface area contributed by atoms with Crippen molar-refractivity contribution in [2.24, 2.45) is 0 Å². The average molecular weight is 503 g/mol. The van der Waals surface area contributed by atoms with Gasteiger partial charge in [-0.2, -0.15) is 0 Å². The average Bonchev–Trinajstić information content (AvgIpc) is 2.80. The number of sulfonamides is 1. The van der Waals surface area contributed by atoms with E-state index >= 15 is 0 Å². The minimum absolute atomic E-state index is 0.0128. The molecule has 7 heteroatoms. The molecule has 0 saturated heterocycles. The van der Waals surface area contributed by atoms with Crippen LogP contribution in [0.25, 0.3) is 4.13 Å². The predicted octanol–water partition coefficient (Wildman–Crippen LogP) is 6.69. The third kappa shape index (κ3) is 6.84. The van der Waals surface area contributed by atoms with Gasteiger partial charge in [-0.3, -0.25) is 4.90 Å². The van der Waals surface area contributed by atoms with Gasteiger partial charge in [-0.05, 0) is 80.0 Å². The first-order valence-electron chi connectivity index (χ1n) is 11.1. The lowest BCUT2D eigenvalue weighted by molar-refractivity contribution is 0.238. The molecule has 33 heavy (non-hydrogen) atoms. The molecular weight excluding hydrogens is 472 g/mol. The Morgan fingerprint density at radius 1 is 0.848 bits per heavy atom. The van der Waals surface area contributed by atoms with Gasteiger partial charge in [0.1, 0.15) is 20.7 Å². The summed E-state index contributed by atoms with van der Waals surface area (Å²) in [6.45, 7) is 9.89. The Morgan fingerprint density at radius 2 is 1.36 bits per heavy atom. The van der Waals surface area contributed by atoms with Crippen molar-refractivity contribution in [3.63, 3.8) is 0 Å². The molecule has 3 aromatic carbocycles. The van der Waals surface area contributed by atoms with Crippen molar-refractivity contribution in [1.29, 1.82) is 0 Å². The zero-order chi connectivity index (χ0) is 24.0. The first-order valence-corrected chi connectivity index (χ1v) is 14.2. The summed E-state index contributed by atoms with van der Waals surface area (Å²) in [5, 5.41) is 0.682. The fourth-order valence-electron chi connectivity index (χ4n) is 3.65. The van der Waals surface area contributed by atoms with Crippen LogP contribution in [0.2, 0.25) is 5.02 Å². The summed E-state index contributed by atoms with van der Waals surface area (Å²) in [6.07, 6.45) is 0. The standard InChI is InChI=1S/C26H31ClN2O2S2/c1-5-29(6-2)26(22-11-13-23(27)14-12-22)19-32(24-15-7-20(3)8-16-24)28-33(30,31)25-17-9-21(4)10-18-25/h7-18,26H,5-6,19H2,1-4H3/t26-,32?/m1/s1. The maximum Gasteiger partial charge on any atom is 0.143 e. The van der Waals surface area contributed by atoms with Gasteiger partial charge in [-0.1, -0.05) is 73.0 Å². The van der Waals surface area contributed by atoms with E-state index in [1.807, 2.05) is 62.4 Å². The van der Waals surface area contributed by atoms with E-state index in [4.69, 9.17) is 11.6 Å². The van der Waals surface area contributed by atoms with Gasteiger partial charge in [0.2, 0.25) is 0 Å². The van der Waals surface area contributed by atoms with Gasteiger partial charge < -0.3 is 4.13 Å². The number of hydrogen-bond donors (Lipinski definition) is 0. The number of halogens is 1. The Kier molecular flexibility index (Phi) is 9.02. The smallest absolute Gasteiger partial charge is 0.143 e. The molecule has 4 nitrogen and oxygen atoms in total. The molecule has 0 spiro atoms. The van der Waals surface area contributed by atoms with Crippen LogP contribution in [0.4, 0.5) is 0 Å². The minimum Gasteiger partial charge on any atom is -0.307 e. The maximum atomic E-state index is 13.3. The molecule has 0 amide bonds. The minimum atomic E-state index is -3.81. The first-order chi connectivity index (χ1) is 15.7. The molecule has 0 aliphatic carbocycles. The zero-order valence-electron chi connectivity index (χ0n) is 19.5. The fourth-order valence-corrected chi connectivity index (χ4v) is 7.48.